The Balaban J connectivity index is 1.96. The van der Waals surface area contributed by atoms with Gasteiger partial charge >= 0.3 is 6.03 Å². The van der Waals surface area contributed by atoms with Gasteiger partial charge < -0.3 is 15.0 Å². The number of halogens is 2. The number of nitrogens with one attached hydrogen (secondary N) is 1. The van der Waals surface area contributed by atoms with E-state index in [1.165, 1.54) is 18.2 Å². The van der Waals surface area contributed by atoms with Crippen molar-refractivity contribution in [1.82, 2.24) is 4.90 Å². The lowest BCUT2D eigenvalue weighted by atomic mass is 10.2. The Morgan fingerprint density at radius 2 is 1.96 bits per heavy atom. The summed E-state index contributed by atoms with van der Waals surface area (Å²) in [6.07, 6.45) is 0. The molecule has 0 fully saturated rings. The lowest BCUT2D eigenvalue weighted by molar-refractivity contribution is 0.220. The molecular weight excluding hydrogens is 363 g/mol. The molecule has 0 spiro atoms. The second-order valence-corrected chi connectivity index (χ2v) is 5.84. The molecule has 0 saturated heterocycles. The highest BCUT2D eigenvalue weighted by Gasteiger charge is 2.11. The number of anilines is 1. The molecule has 2 aromatic rings. The Bertz CT molecular complexity index is 677. The van der Waals surface area contributed by atoms with Crippen LogP contribution in [0.1, 0.15) is 12.5 Å². The van der Waals surface area contributed by atoms with Crippen LogP contribution < -0.4 is 10.1 Å². The second kappa shape index (κ2) is 7.97. The molecule has 23 heavy (non-hydrogen) atoms. The minimum atomic E-state index is -0.363. The highest BCUT2D eigenvalue weighted by molar-refractivity contribution is 9.10. The Kier molecular flexibility index (Phi) is 5.98. The number of hydrogen-bond acceptors (Lipinski definition) is 2. The van der Waals surface area contributed by atoms with Crippen LogP contribution in [-0.4, -0.2) is 24.6 Å². The zero-order valence-electron chi connectivity index (χ0n) is 13.0. The van der Waals surface area contributed by atoms with Gasteiger partial charge in [-0.15, -0.1) is 0 Å². The van der Waals surface area contributed by atoms with Crippen LogP contribution >= 0.6 is 15.9 Å². The normalized spacial score (nSPS) is 10.3. The number of benzene rings is 2. The number of nitrogens with zero attached hydrogens (tertiary/aromatic N) is 1. The van der Waals surface area contributed by atoms with E-state index in [0.29, 0.717) is 23.3 Å². The van der Waals surface area contributed by atoms with Gasteiger partial charge in [0.2, 0.25) is 0 Å². The third-order valence-electron chi connectivity index (χ3n) is 3.17. The Hall–Kier alpha value is -2.08. The highest BCUT2D eigenvalue weighted by Crippen LogP contribution is 2.23. The van der Waals surface area contributed by atoms with Crippen molar-refractivity contribution in [1.29, 1.82) is 0 Å². The van der Waals surface area contributed by atoms with Crippen molar-refractivity contribution in [2.24, 2.45) is 0 Å². The first-order valence-corrected chi connectivity index (χ1v) is 7.97. The average molecular weight is 381 g/mol. The zero-order chi connectivity index (χ0) is 16.8. The molecule has 4 nitrogen and oxygen atoms in total. The zero-order valence-corrected chi connectivity index (χ0v) is 14.6. The van der Waals surface area contributed by atoms with Crippen LogP contribution in [0.5, 0.6) is 5.75 Å². The smallest absolute Gasteiger partial charge is 0.321 e. The minimum Gasteiger partial charge on any atom is -0.494 e. The van der Waals surface area contributed by atoms with Crippen molar-refractivity contribution in [2.45, 2.75) is 13.5 Å². The van der Waals surface area contributed by atoms with Gasteiger partial charge in [0.15, 0.2) is 0 Å². The molecule has 2 aromatic carbocycles. The molecular formula is C17H18BrFN2O2. The highest BCUT2D eigenvalue weighted by atomic mass is 79.9. The molecule has 0 heterocycles. The van der Waals surface area contributed by atoms with Crippen molar-refractivity contribution in [3.8, 4) is 5.75 Å². The summed E-state index contributed by atoms with van der Waals surface area (Å²) in [6, 6.07) is 11.4. The van der Waals surface area contributed by atoms with Gasteiger partial charge in [-0.25, -0.2) is 9.18 Å². The van der Waals surface area contributed by atoms with Crippen LogP contribution in [0.15, 0.2) is 46.9 Å². The van der Waals surface area contributed by atoms with E-state index in [0.717, 1.165) is 11.3 Å². The lowest BCUT2D eigenvalue weighted by Gasteiger charge is -2.19. The molecule has 0 aliphatic heterocycles. The standard InChI is InChI=1S/C17H18BrFN2O2/c1-3-23-14-7-4-12(5-8-14)11-21(2)17(22)20-16-9-6-13(19)10-15(16)18/h4-10H,3,11H2,1-2H3,(H,20,22). The van der Waals surface area contributed by atoms with Crippen LogP contribution in [0.3, 0.4) is 0 Å². The van der Waals surface area contributed by atoms with Crippen molar-refractivity contribution >= 4 is 27.6 Å². The average Bonchev–Trinajstić information content (AvgIpc) is 2.52. The van der Waals surface area contributed by atoms with E-state index >= 15 is 0 Å². The molecule has 0 bridgehead atoms. The molecule has 0 radical (unpaired) electrons. The fourth-order valence-electron chi connectivity index (χ4n) is 2.00. The van der Waals surface area contributed by atoms with Gasteiger partial charge in [-0.3, -0.25) is 0 Å². The largest absolute Gasteiger partial charge is 0.494 e. The van der Waals surface area contributed by atoms with Crippen LogP contribution in [0, 0.1) is 5.82 Å². The molecule has 6 heteroatoms. The molecule has 0 atom stereocenters. The summed E-state index contributed by atoms with van der Waals surface area (Å²) in [7, 11) is 1.70. The van der Waals surface area contributed by atoms with Gasteiger partial charge in [-0.1, -0.05) is 12.1 Å². The summed E-state index contributed by atoms with van der Waals surface area (Å²) in [4.78, 5) is 13.7. The SMILES string of the molecule is CCOc1ccc(CN(C)C(=O)Nc2ccc(F)cc2Br)cc1. The van der Waals surface area contributed by atoms with Crippen molar-refractivity contribution < 1.29 is 13.9 Å². The van der Waals surface area contributed by atoms with Crippen LogP contribution in [0.4, 0.5) is 14.9 Å². The Morgan fingerprint density at radius 3 is 2.57 bits per heavy atom. The first kappa shape index (κ1) is 17.3. The predicted molar refractivity (Wildman–Crippen MR) is 92.2 cm³/mol. The van der Waals surface area contributed by atoms with Crippen molar-refractivity contribution in [3.63, 3.8) is 0 Å². The second-order valence-electron chi connectivity index (χ2n) is 4.99. The van der Waals surface area contributed by atoms with E-state index in [9.17, 15) is 9.18 Å². The molecule has 0 saturated carbocycles. The molecule has 0 aliphatic carbocycles. The summed E-state index contributed by atoms with van der Waals surface area (Å²) in [5, 5.41) is 2.74. The Labute approximate surface area is 143 Å². The summed E-state index contributed by atoms with van der Waals surface area (Å²) in [5.41, 5.74) is 1.51. The number of urea groups is 1. The third-order valence-corrected chi connectivity index (χ3v) is 3.83. The molecule has 2 rings (SSSR count). The quantitative estimate of drug-likeness (QED) is 0.819. The molecule has 0 aromatic heterocycles. The van der Waals surface area contributed by atoms with Gasteiger partial charge in [0.05, 0.1) is 12.3 Å². The van der Waals surface area contributed by atoms with Gasteiger partial charge in [0.25, 0.3) is 0 Å². The van der Waals surface area contributed by atoms with Crippen LogP contribution in [0.25, 0.3) is 0 Å². The molecule has 0 unspecified atom stereocenters. The van der Waals surface area contributed by atoms with Gasteiger partial charge in [-0.2, -0.15) is 0 Å². The maximum atomic E-state index is 13.1. The lowest BCUT2D eigenvalue weighted by Crippen LogP contribution is -2.30. The van der Waals surface area contributed by atoms with Crippen molar-refractivity contribution in [3.05, 3.63) is 58.3 Å². The number of ether oxygens (including phenoxy) is 1. The Morgan fingerprint density at radius 1 is 1.26 bits per heavy atom. The first-order valence-electron chi connectivity index (χ1n) is 7.18. The molecule has 0 aliphatic rings. The number of carbonyl (C=O) groups is 1. The maximum absolute atomic E-state index is 13.1. The fraction of sp³-hybridized carbons (Fsp3) is 0.235. The molecule has 122 valence electrons. The van der Waals surface area contributed by atoms with E-state index in [1.54, 1.807) is 11.9 Å². The molecule has 1 N–H and O–H groups in total. The summed E-state index contributed by atoms with van der Waals surface area (Å²) in [5.74, 6) is 0.441. The van der Waals surface area contributed by atoms with E-state index in [1.807, 2.05) is 31.2 Å². The van der Waals surface area contributed by atoms with Crippen LogP contribution in [0.2, 0.25) is 0 Å². The maximum Gasteiger partial charge on any atom is 0.321 e. The summed E-state index contributed by atoms with van der Waals surface area (Å²) >= 11 is 3.23. The number of hydrogen-bond donors (Lipinski definition) is 1. The predicted octanol–water partition coefficient (Wildman–Crippen LogP) is 4.65. The summed E-state index contributed by atoms with van der Waals surface area (Å²) in [6.45, 7) is 3.00. The number of amides is 2. The van der Waals surface area contributed by atoms with Gasteiger partial charge in [-0.05, 0) is 58.7 Å². The van der Waals surface area contributed by atoms with E-state index in [4.69, 9.17) is 4.74 Å². The van der Waals surface area contributed by atoms with E-state index < -0.39 is 0 Å². The monoisotopic (exact) mass is 380 g/mol. The number of carbonyl (C=O) groups excluding carboxylic acids is 1. The third kappa shape index (κ3) is 4.96. The topological polar surface area (TPSA) is 41.6 Å². The van der Waals surface area contributed by atoms with Gasteiger partial charge in [0.1, 0.15) is 11.6 Å². The van der Waals surface area contributed by atoms with Crippen molar-refractivity contribution in [2.75, 3.05) is 19.0 Å². The molecule has 2 amide bonds. The fourth-order valence-corrected chi connectivity index (χ4v) is 2.45. The first-order chi connectivity index (χ1) is 11.0. The van der Waals surface area contributed by atoms with Crippen LogP contribution in [-0.2, 0) is 6.54 Å². The summed E-state index contributed by atoms with van der Waals surface area (Å²) < 4.78 is 18.9. The minimum absolute atomic E-state index is 0.272. The van der Waals surface area contributed by atoms with Gasteiger partial charge in [0, 0.05) is 18.1 Å². The van der Waals surface area contributed by atoms with E-state index in [2.05, 4.69) is 21.2 Å². The number of rotatable bonds is 5. The van der Waals surface area contributed by atoms with E-state index in [-0.39, 0.29) is 11.8 Å².